The third-order valence-electron chi connectivity index (χ3n) is 4.17. The van der Waals surface area contributed by atoms with Crippen LogP contribution in [0.25, 0.3) is 10.9 Å². The van der Waals surface area contributed by atoms with Crippen molar-refractivity contribution in [1.82, 2.24) is 4.98 Å². The lowest BCUT2D eigenvalue weighted by Gasteiger charge is -2.19. The average Bonchev–Trinajstić information content (AvgIpc) is 3.11. The highest BCUT2D eigenvalue weighted by Gasteiger charge is 2.16. The van der Waals surface area contributed by atoms with E-state index < -0.39 is 17.7 Å². The number of aromatic amines is 1. The zero-order valence-corrected chi connectivity index (χ0v) is 17.9. The molecular formula is C23H25N3O5. The van der Waals surface area contributed by atoms with E-state index in [0.29, 0.717) is 29.2 Å². The Kier molecular flexibility index (Phi) is 6.29. The van der Waals surface area contributed by atoms with E-state index in [9.17, 15) is 14.4 Å². The van der Waals surface area contributed by atoms with Crippen molar-refractivity contribution in [3.05, 3.63) is 59.8 Å². The highest BCUT2D eigenvalue weighted by atomic mass is 16.6. The molecular weight excluding hydrogens is 398 g/mol. The van der Waals surface area contributed by atoms with Gasteiger partial charge in [0.1, 0.15) is 11.3 Å². The number of benzene rings is 2. The van der Waals surface area contributed by atoms with Crippen molar-refractivity contribution in [2.45, 2.75) is 33.3 Å². The Bertz CT molecular complexity index is 1110. The van der Waals surface area contributed by atoms with Crippen LogP contribution in [0.4, 0.5) is 16.2 Å². The van der Waals surface area contributed by atoms with Gasteiger partial charge in [-0.15, -0.1) is 0 Å². The lowest BCUT2D eigenvalue weighted by molar-refractivity contribution is 0.0519. The number of anilines is 2. The Balaban J connectivity index is 1.66. The molecule has 0 spiro atoms. The number of carbonyl (C=O) groups is 3. The summed E-state index contributed by atoms with van der Waals surface area (Å²) in [4.78, 5) is 39.3. The highest BCUT2D eigenvalue weighted by Crippen LogP contribution is 2.21. The molecule has 162 valence electrons. The summed E-state index contributed by atoms with van der Waals surface area (Å²) in [5.74, 6) is -0.728. The van der Waals surface area contributed by atoms with Gasteiger partial charge in [-0.2, -0.15) is 0 Å². The number of nitrogens with one attached hydrogen (secondary N) is 3. The van der Waals surface area contributed by atoms with Crippen LogP contribution in [0.15, 0.2) is 48.5 Å². The molecule has 0 fully saturated rings. The van der Waals surface area contributed by atoms with Gasteiger partial charge in [-0.05, 0) is 76.2 Å². The molecule has 3 aromatic rings. The first-order chi connectivity index (χ1) is 14.6. The zero-order valence-electron chi connectivity index (χ0n) is 17.9. The summed E-state index contributed by atoms with van der Waals surface area (Å²) >= 11 is 0. The molecule has 0 bridgehead atoms. The Hall–Kier alpha value is -3.81. The van der Waals surface area contributed by atoms with Gasteiger partial charge in [-0.25, -0.2) is 9.59 Å². The molecule has 2 amide bonds. The van der Waals surface area contributed by atoms with Crippen LogP contribution in [0.5, 0.6) is 0 Å². The Morgan fingerprint density at radius 1 is 0.935 bits per heavy atom. The monoisotopic (exact) mass is 423 g/mol. The molecule has 3 rings (SSSR count). The molecule has 1 aromatic heterocycles. The predicted molar refractivity (Wildman–Crippen MR) is 119 cm³/mol. The zero-order chi connectivity index (χ0) is 22.6. The molecule has 8 heteroatoms. The fourth-order valence-corrected chi connectivity index (χ4v) is 2.86. The minimum atomic E-state index is -0.596. The smallest absolute Gasteiger partial charge is 0.412 e. The SMILES string of the molecule is CCOC(=O)c1cc2cc(NC(=O)c3ccc(NC(=O)OC(C)(C)C)cc3)ccc2[nH]1. The van der Waals surface area contributed by atoms with E-state index in [2.05, 4.69) is 15.6 Å². The van der Waals surface area contributed by atoms with Crippen molar-refractivity contribution < 1.29 is 23.9 Å². The van der Waals surface area contributed by atoms with E-state index in [1.54, 1.807) is 76.2 Å². The summed E-state index contributed by atoms with van der Waals surface area (Å²) < 4.78 is 10.2. The summed E-state index contributed by atoms with van der Waals surface area (Å²) in [5.41, 5.74) is 2.05. The molecule has 8 nitrogen and oxygen atoms in total. The maximum Gasteiger partial charge on any atom is 0.412 e. The minimum Gasteiger partial charge on any atom is -0.461 e. The molecule has 1 heterocycles. The normalized spacial score (nSPS) is 11.1. The first kappa shape index (κ1) is 21.9. The third kappa shape index (κ3) is 5.85. The maximum absolute atomic E-state index is 12.6. The van der Waals surface area contributed by atoms with Crippen LogP contribution in [0.1, 0.15) is 48.5 Å². The lowest BCUT2D eigenvalue weighted by atomic mass is 10.1. The Labute approximate surface area is 179 Å². The van der Waals surface area contributed by atoms with Gasteiger partial charge in [0.2, 0.25) is 0 Å². The molecule has 0 aliphatic heterocycles. The molecule has 0 atom stereocenters. The van der Waals surface area contributed by atoms with E-state index in [0.717, 1.165) is 10.9 Å². The summed E-state index contributed by atoms with van der Waals surface area (Å²) in [6.07, 6.45) is -0.563. The standard InChI is InChI=1S/C23H25N3O5/c1-5-30-21(28)19-13-15-12-17(10-11-18(15)26-19)24-20(27)14-6-8-16(9-7-14)25-22(29)31-23(2,3)4/h6-13,26H,5H2,1-4H3,(H,24,27)(H,25,29). The molecule has 0 saturated heterocycles. The van der Waals surface area contributed by atoms with E-state index in [4.69, 9.17) is 9.47 Å². The molecule has 31 heavy (non-hydrogen) atoms. The third-order valence-corrected chi connectivity index (χ3v) is 4.17. The number of rotatable bonds is 5. The lowest BCUT2D eigenvalue weighted by Crippen LogP contribution is -2.27. The number of carbonyl (C=O) groups excluding carboxylic acids is 3. The van der Waals surface area contributed by atoms with Crippen molar-refractivity contribution in [1.29, 1.82) is 0 Å². The van der Waals surface area contributed by atoms with Crippen molar-refractivity contribution >= 4 is 40.2 Å². The quantitative estimate of drug-likeness (QED) is 0.503. The molecule has 0 aliphatic rings. The number of amides is 2. The first-order valence-corrected chi connectivity index (χ1v) is 9.86. The number of esters is 1. The van der Waals surface area contributed by atoms with Crippen molar-refractivity contribution in [3.63, 3.8) is 0 Å². The van der Waals surface area contributed by atoms with Gasteiger partial charge in [0, 0.05) is 27.8 Å². The van der Waals surface area contributed by atoms with E-state index in [1.807, 2.05) is 0 Å². The van der Waals surface area contributed by atoms with E-state index in [1.165, 1.54) is 0 Å². The van der Waals surface area contributed by atoms with Gasteiger partial charge in [0.25, 0.3) is 5.91 Å². The molecule has 0 unspecified atom stereocenters. The number of hydrogen-bond donors (Lipinski definition) is 3. The van der Waals surface area contributed by atoms with Crippen LogP contribution in [0.3, 0.4) is 0 Å². The highest BCUT2D eigenvalue weighted by molar-refractivity contribution is 6.05. The summed E-state index contributed by atoms with van der Waals surface area (Å²) in [6, 6.07) is 13.4. The first-order valence-electron chi connectivity index (χ1n) is 9.86. The summed E-state index contributed by atoms with van der Waals surface area (Å²) in [7, 11) is 0. The average molecular weight is 423 g/mol. The second-order valence-corrected chi connectivity index (χ2v) is 7.86. The minimum absolute atomic E-state index is 0.293. The maximum atomic E-state index is 12.6. The fourth-order valence-electron chi connectivity index (χ4n) is 2.86. The van der Waals surface area contributed by atoms with Crippen LogP contribution in [-0.4, -0.2) is 35.2 Å². The molecule has 0 saturated carbocycles. The van der Waals surface area contributed by atoms with Gasteiger partial charge in [-0.1, -0.05) is 0 Å². The van der Waals surface area contributed by atoms with Gasteiger partial charge in [-0.3, -0.25) is 10.1 Å². The second-order valence-electron chi connectivity index (χ2n) is 7.86. The molecule has 3 N–H and O–H groups in total. The van der Waals surface area contributed by atoms with Crippen LogP contribution >= 0.6 is 0 Å². The van der Waals surface area contributed by atoms with Crippen molar-refractivity contribution in [2.75, 3.05) is 17.2 Å². The van der Waals surface area contributed by atoms with Crippen LogP contribution in [0, 0.1) is 0 Å². The molecule has 2 aromatic carbocycles. The van der Waals surface area contributed by atoms with Crippen LogP contribution in [0.2, 0.25) is 0 Å². The van der Waals surface area contributed by atoms with Crippen molar-refractivity contribution in [3.8, 4) is 0 Å². The van der Waals surface area contributed by atoms with Crippen molar-refractivity contribution in [2.24, 2.45) is 0 Å². The number of H-pyrrole nitrogens is 1. The fraction of sp³-hybridized carbons (Fsp3) is 0.261. The molecule has 0 aliphatic carbocycles. The number of hydrogen-bond acceptors (Lipinski definition) is 5. The van der Waals surface area contributed by atoms with E-state index in [-0.39, 0.29) is 5.91 Å². The van der Waals surface area contributed by atoms with E-state index >= 15 is 0 Å². The van der Waals surface area contributed by atoms with Gasteiger partial charge in [0.05, 0.1) is 6.61 Å². The Morgan fingerprint density at radius 2 is 1.61 bits per heavy atom. The summed E-state index contributed by atoms with van der Waals surface area (Å²) in [5, 5.41) is 6.22. The van der Waals surface area contributed by atoms with Crippen LogP contribution < -0.4 is 10.6 Å². The van der Waals surface area contributed by atoms with Gasteiger partial charge in [0.15, 0.2) is 0 Å². The number of ether oxygens (including phenoxy) is 2. The molecule has 0 radical (unpaired) electrons. The predicted octanol–water partition coefficient (Wildman–Crippen LogP) is 4.94. The Morgan fingerprint density at radius 3 is 2.26 bits per heavy atom. The largest absolute Gasteiger partial charge is 0.461 e. The number of fused-ring (bicyclic) bond motifs is 1. The van der Waals surface area contributed by atoms with Gasteiger partial charge >= 0.3 is 12.1 Å². The topological polar surface area (TPSA) is 110 Å². The second kappa shape index (κ2) is 8.91. The number of aromatic nitrogens is 1. The van der Waals surface area contributed by atoms with Gasteiger partial charge < -0.3 is 19.8 Å². The summed E-state index contributed by atoms with van der Waals surface area (Å²) in [6.45, 7) is 7.38. The van der Waals surface area contributed by atoms with Crippen LogP contribution in [-0.2, 0) is 9.47 Å².